The zero-order valence-corrected chi connectivity index (χ0v) is 12.7. The van der Waals surface area contributed by atoms with Crippen molar-refractivity contribution in [2.45, 2.75) is 36.2 Å². The first-order chi connectivity index (χ1) is 9.04. The van der Waals surface area contributed by atoms with Crippen molar-refractivity contribution >= 4 is 40.9 Å². The Morgan fingerprint density at radius 3 is 2.53 bits per heavy atom. The number of hydrogen-bond donors (Lipinski definition) is 2. The average Bonchev–Trinajstić information content (AvgIpc) is 3.10. The molecule has 1 unspecified atom stereocenters. The second-order valence-corrected chi connectivity index (χ2v) is 6.68. The largest absolute Gasteiger partial charge is 0.368 e. The fourth-order valence-corrected chi connectivity index (χ4v) is 3.41. The lowest BCUT2D eigenvalue weighted by Gasteiger charge is -2.14. The Morgan fingerprint density at radius 1 is 1.37 bits per heavy atom. The van der Waals surface area contributed by atoms with Crippen LogP contribution in [0.3, 0.4) is 0 Å². The second-order valence-electron chi connectivity index (χ2n) is 4.64. The summed E-state index contributed by atoms with van der Waals surface area (Å²) in [5.41, 5.74) is 5.39. The summed E-state index contributed by atoms with van der Waals surface area (Å²) in [5.74, 6) is 0.515. The van der Waals surface area contributed by atoms with E-state index in [1.54, 1.807) is 17.8 Å². The van der Waals surface area contributed by atoms with Crippen LogP contribution in [0.5, 0.6) is 0 Å². The summed E-state index contributed by atoms with van der Waals surface area (Å²) in [6.45, 7) is 0. The first-order valence-electron chi connectivity index (χ1n) is 6.19. The minimum absolute atomic E-state index is 0.241. The topological polar surface area (TPSA) is 55.1 Å². The molecule has 0 heterocycles. The highest BCUT2D eigenvalue weighted by molar-refractivity contribution is 7.99. The van der Waals surface area contributed by atoms with Gasteiger partial charge in [0, 0.05) is 21.0 Å². The molecule has 1 aromatic rings. The lowest BCUT2D eigenvalue weighted by atomic mass is 10.2. The van der Waals surface area contributed by atoms with Crippen LogP contribution in [0, 0.1) is 0 Å². The highest BCUT2D eigenvalue weighted by atomic mass is 35.5. The van der Waals surface area contributed by atoms with Gasteiger partial charge in [-0.05, 0) is 43.2 Å². The molecule has 0 radical (unpaired) electrons. The number of nitrogens with one attached hydrogen (secondary N) is 1. The molecule has 1 fully saturated rings. The average molecular weight is 319 g/mol. The summed E-state index contributed by atoms with van der Waals surface area (Å²) in [5, 5.41) is 4.50. The van der Waals surface area contributed by atoms with E-state index in [2.05, 4.69) is 5.32 Å². The van der Waals surface area contributed by atoms with Crippen LogP contribution >= 0.6 is 35.0 Å². The van der Waals surface area contributed by atoms with Gasteiger partial charge in [-0.3, -0.25) is 4.79 Å². The van der Waals surface area contributed by atoms with Crippen molar-refractivity contribution < 1.29 is 4.79 Å². The highest BCUT2D eigenvalue weighted by Gasteiger charge is 2.26. The molecular formula is C13H16Cl2N2OS. The summed E-state index contributed by atoms with van der Waals surface area (Å²) in [4.78, 5) is 12.3. The molecule has 104 valence electrons. The fourth-order valence-electron chi connectivity index (χ4n) is 1.75. The number of halogens is 2. The van der Waals surface area contributed by atoms with Crippen LogP contribution < -0.4 is 11.1 Å². The Bertz CT molecular complexity index is 446. The molecule has 0 saturated heterocycles. The number of carbonyl (C=O) groups is 1. The first-order valence-corrected chi connectivity index (χ1v) is 7.93. The van der Waals surface area contributed by atoms with E-state index in [-0.39, 0.29) is 11.9 Å². The summed E-state index contributed by atoms with van der Waals surface area (Å²) < 4.78 is 0. The van der Waals surface area contributed by atoms with Crippen LogP contribution in [-0.4, -0.2) is 23.7 Å². The van der Waals surface area contributed by atoms with Gasteiger partial charge in [0.1, 0.15) is 0 Å². The van der Waals surface area contributed by atoms with Gasteiger partial charge in [-0.2, -0.15) is 0 Å². The number of thioether (sulfide) groups is 1. The van der Waals surface area contributed by atoms with Crippen molar-refractivity contribution in [2.24, 2.45) is 5.73 Å². The van der Waals surface area contributed by atoms with E-state index < -0.39 is 0 Å². The monoisotopic (exact) mass is 318 g/mol. The Kier molecular flexibility index (Phi) is 5.39. The maximum absolute atomic E-state index is 11.3. The zero-order chi connectivity index (χ0) is 13.8. The SMILES string of the molecule is NC(=O)C(CCSc1cc(Cl)cc(Cl)c1)NC1CC1. The molecule has 6 heteroatoms. The van der Waals surface area contributed by atoms with Crippen LogP contribution in [0.15, 0.2) is 23.1 Å². The lowest BCUT2D eigenvalue weighted by molar-refractivity contribution is -0.120. The minimum Gasteiger partial charge on any atom is -0.368 e. The fraction of sp³-hybridized carbons (Fsp3) is 0.462. The molecule has 3 N–H and O–H groups in total. The van der Waals surface area contributed by atoms with Gasteiger partial charge in [-0.1, -0.05) is 23.2 Å². The number of amides is 1. The van der Waals surface area contributed by atoms with Gasteiger partial charge in [0.25, 0.3) is 0 Å². The van der Waals surface area contributed by atoms with E-state index in [0.717, 1.165) is 23.5 Å². The molecule has 1 aromatic carbocycles. The zero-order valence-electron chi connectivity index (χ0n) is 10.4. The molecule has 0 aromatic heterocycles. The molecule has 19 heavy (non-hydrogen) atoms. The van der Waals surface area contributed by atoms with Crippen LogP contribution in [0.4, 0.5) is 0 Å². The van der Waals surface area contributed by atoms with Gasteiger partial charge in [-0.25, -0.2) is 0 Å². The van der Waals surface area contributed by atoms with Gasteiger partial charge in [0.15, 0.2) is 0 Å². The molecule has 3 nitrogen and oxygen atoms in total. The van der Waals surface area contributed by atoms with E-state index in [1.807, 2.05) is 12.1 Å². The van der Waals surface area contributed by atoms with Crippen LogP contribution in [-0.2, 0) is 4.79 Å². The third kappa shape index (κ3) is 5.22. The summed E-state index contributed by atoms with van der Waals surface area (Å²) in [6.07, 6.45) is 2.99. The quantitative estimate of drug-likeness (QED) is 0.760. The highest BCUT2D eigenvalue weighted by Crippen LogP contribution is 2.27. The molecule has 1 aliphatic carbocycles. The molecule has 1 saturated carbocycles. The lowest BCUT2D eigenvalue weighted by Crippen LogP contribution is -2.42. The smallest absolute Gasteiger partial charge is 0.234 e. The van der Waals surface area contributed by atoms with E-state index in [4.69, 9.17) is 28.9 Å². The molecule has 0 spiro atoms. The van der Waals surface area contributed by atoms with Crippen LogP contribution in [0.25, 0.3) is 0 Å². The Morgan fingerprint density at radius 2 is 2.00 bits per heavy atom. The van der Waals surface area contributed by atoms with E-state index >= 15 is 0 Å². The molecule has 1 atom stereocenters. The number of benzene rings is 1. The molecule has 1 aliphatic rings. The van der Waals surface area contributed by atoms with Gasteiger partial charge in [-0.15, -0.1) is 11.8 Å². The van der Waals surface area contributed by atoms with E-state index in [9.17, 15) is 4.79 Å². The maximum Gasteiger partial charge on any atom is 0.234 e. The van der Waals surface area contributed by atoms with Gasteiger partial charge >= 0.3 is 0 Å². The van der Waals surface area contributed by atoms with Crippen molar-refractivity contribution in [1.82, 2.24) is 5.32 Å². The molecule has 1 amide bonds. The third-order valence-corrected chi connectivity index (χ3v) is 4.31. The first kappa shape index (κ1) is 15.0. The van der Waals surface area contributed by atoms with Crippen molar-refractivity contribution in [2.75, 3.05) is 5.75 Å². The third-order valence-electron chi connectivity index (χ3n) is 2.87. The summed E-state index contributed by atoms with van der Waals surface area (Å²) in [7, 11) is 0. The minimum atomic E-state index is -0.281. The van der Waals surface area contributed by atoms with Gasteiger partial charge in [0.05, 0.1) is 6.04 Å². The van der Waals surface area contributed by atoms with Gasteiger partial charge in [0.2, 0.25) is 5.91 Å². The second kappa shape index (κ2) is 6.84. The molecule has 0 aliphatic heterocycles. The van der Waals surface area contributed by atoms with Crippen molar-refractivity contribution in [3.05, 3.63) is 28.2 Å². The van der Waals surface area contributed by atoms with Crippen LogP contribution in [0.2, 0.25) is 10.0 Å². The van der Waals surface area contributed by atoms with Crippen molar-refractivity contribution in [3.63, 3.8) is 0 Å². The standard InChI is InChI=1S/C13H16Cl2N2OS/c14-8-5-9(15)7-11(6-8)19-4-3-12(13(16)18)17-10-1-2-10/h5-7,10,12,17H,1-4H2,(H2,16,18). The predicted octanol–water partition coefficient (Wildman–Crippen LogP) is 3.08. The summed E-state index contributed by atoms with van der Waals surface area (Å²) in [6, 6.07) is 5.67. The Balaban J connectivity index is 1.81. The van der Waals surface area contributed by atoms with Gasteiger partial charge < -0.3 is 11.1 Å². The maximum atomic E-state index is 11.3. The van der Waals surface area contributed by atoms with Crippen molar-refractivity contribution in [1.29, 1.82) is 0 Å². The van der Waals surface area contributed by atoms with Crippen LogP contribution in [0.1, 0.15) is 19.3 Å². The normalized spacial score (nSPS) is 16.3. The Hall–Kier alpha value is -0.420. The molecule has 2 rings (SSSR count). The summed E-state index contributed by atoms with van der Waals surface area (Å²) >= 11 is 13.5. The molecule has 0 bridgehead atoms. The number of carbonyl (C=O) groups excluding carboxylic acids is 1. The Labute approximate surface area is 127 Å². The van der Waals surface area contributed by atoms with E-state index in [0.29, 0.717) is 22.5 Å². The number of hydrogen-bond acceptors (Lipinski definition) is 3. The van der Waals surface area contributed by atoms with E-state index in [1.165, 1.54) is 0 Å². The number of nitrogens with two attached hydrogens (primary N) is 1. The number of primary amides is 1. The molecular weight excluding hydrogens is 303 g/mol. The predicted molar refractivity (Wildman–Crippen MR) is 80.9 cm³/mol. The number of rotatable bonds is 7. The van der Waals surface area contributed by atoms with Crippen molar-refractivity contribution in [3.8, 4) is 0 Å².